The predicted octanol–water partition coefficient (Wildman–Crippen LogP) is 2.85. The molecule has 1 heterocycles. The summed E-state index contributed by atoms with van der Waals surface area (Å²) in [6.07, 6.45) is 3.13. The van der Waals surface area contributed by atoms with Crippen molar-refractivity contribution in [2.75, 3.05) is 5.32 Å². The summed E-state index contributed by atoms with van der Waals surface area (Å²) in [5.74, 6) is 0.967. The van der Waals surface area contributed by atoms with E-state index in [2.05, 4.69) is 45.0 Å². The van der Waals surface area contributed by atoms with E-state index in [0.717, 1.165) is 12.2 Å². The van der Waals surface area contributed by atoms with Gasteiger partial charge in [0, 0.05) is 18.3 Å². The number of hydrogen-bond donors (Lipinski definition) is 1. The standard InChI is InChI=1S/C11H21N3/c1-6-9(2)12-10-7-8-14(13-10)11(3,4)5/h7-9H,6H2,1-5H3,(H,12,13). The van der Waals surface area contributed by atoms with Crippen LogP contribution in [0.25, 0.3) is 0 Å². The normalized spacial score (nSPS) is 14.1. The average Bonchev–Trinajstić information content (AvgIpc) is 2.51. The van der Waals surface area contributed by atoms with Crippen LogP contribution in [0.3, 0.4) is 0 Å². The second kappa shape index (κ2) is 4.03. The highest BCUT2D eigenvalue weighted by atomic mass is 15.3. The van der Waals surface area contributed by atoms with E-state index >= 15 is 0 Å². The van der Waals surface area contributed by atoms with Crippen LogP contribution in [0.2, 0.25) is 0 Å². The van der Waals surface area contributed by atoms with Crippen molar-refractivity contribution in [3.05, 3.63) is 12.3 Å². The summed E-state index contributed by atoms with van der Waals surface area (Å²) in [5.41, 5.74) is 0.0649. The molecule has 1 aromatic rings. The summed E-state index contributed by atoms with van der Waals surface area (Å²) in [6, 6.07) is 2.51. The third-order valence-corrected chi connectivity index (χ3v) is 2.28. The van der Waals surface area contributed by atoms with Crippen molar-refractivity contribution in [1.82, 2.24) is 9.78 Å². The predicted molar refractivity (Wildman–Crippen MR) is 60.6 cm³/mol. The Labute approximate surface area is 86.5 Å². The molecule has 1 aromatic heterocycles. The van der Waals surface area contributed by atoms with Gasteiger partial charge in [-0.1, -0.05) is 6.92 Å². The van der Waals surface area contributed by atoms with Crippen LogP contribution in [0.5, 0.6) is 0 Å². The Morgan fingerprint density at radius 2 is 2.14 bits per heavy atom. The molecular weight excluding hydrogens is 174 g/mol. The molecule has 0 spiro atoms. The van der Waals surface area contributed by atoms with Crippen molar-refractivity contribution in [1.29, 1.82) is 0 Å². The number of nitrogens with one attached hydrogen (secondary N) is 1. The summed E-state index contributed by atoms with van der Waals surface area (Å²) in [5, 5.41) is 7.83. The maximum absolute atomic E-state index is 4.47. The van der Waals surface area contributed by atoms with Crippen LogP contribution in [-0.4, -0.2) is 15.8 Å². The molecule has 0 fully saturated rings. The van der Waals surface area contributed by atoms with Gasteiger partial charge in [-0.15, -0.1) is 0 Å². The van der Waals surface area contributed by atoms with Crippen molar-refractivity contribution >= 4 is 5.82 Å². The van der Waals surface area contributed by atoms with E-state index in [4.69, 9.17) is 0 Å². The minimum Gasteiger partial charge on any atom is -0.366 e. The number of nitrogens with zero attached hydrogens (tertiary/aromatic N) is 2. The SMILES string of the molecule is CCC(C)Nc1ccn(C(C)(C)C)n1. The molecule has 0 bridgehead atoms. The van der Waals surface area contributed by atoms with E-state index in [-0.39, 0.29) is 5.54 Å². The maximum Gasteiger partial charge on any atom is 0.148 e. The van der Waals surface area contributed by atoms with E-state index < -0.39 is 0 Å². The van der Waals surface area contributed by atoms with Gasteiger partial charge in [-0.3, -0.25) is 4.68 Å². The Kier molecular flexibility index (Phi) is 3.19. The third kappa shape index (κ3) is 2.76. The lowest BCUT2D eigenvalue weighted by molar-refractivity contribution is 0.356. The first-order chi connectivity index (χ1) is 6.43. The van der Waals surface area contributed by atoms with Crippen molar-refractivity contribution in [2.24, 2.45) is 0 Å². The minimum absolute atomic E-state index is 0.0649. The van der Waals surface area contributed by atoms with Gasteiger partial charge in [-0.25, -0.2) is 0 Å². The number of rotatable bonds is 3. The lowest BCUT2D eigenvalue weighted by Crippen LogP contribution is -2.23. The number of aromatic nitrogens is 2. The highest BCUT2D eigenvalue weighted by Gasteiger charge is 2.14. The molecule has 0 saturated heterocycles. The fourth-order valence-electron chi connectivity index (χ4n) is 1.13. The molecule has 80 valence electrons. The molecule has 0 saturated carbocycles. The lowest BCUT2D eigenvalue weighted by Gasteiger charge is -2.19. The Hall–Kier alpha value is -0.990. The fourth-order valence-corrected chi connectivity index (χ4v) is 1.13. The van der Waals surface area contributed by atoms with E-state index in [9.17, 15) is 0 Å². The summed E-state index contributed by atoms with van der Waals surface area (Å²) >= 11 is 0. The molecule has 14 heavy (non-hydrogen) atoms. The van der Waals surface area contributed by atoms with Gasteiger partial charge >= 0.3 is 0 Å². The van der Waals surface area contributed by atoms with Crippen molar-refractivity contribution in [3.8, 4) is 0 Å². The fraction of sp³-hybridized carbons (Fsp3) is 0.727. The maximum atomic E-state index is 4.47. The Morgan fingerprint density at radius 3 is 2.57 bits per heavy atom. The summed E-state index contributed by atoms with van der Waals surface area (Å²) in [6.45, 7) is 10.8. The van der Waals surface area contributed by atoms with Gasteiger partial charge in [-0.05, 0) is 34.1 Å². The summed E-state index contributed by atoms with van der Waals surface area (Å²) in [4.78, 5) is 0. The highest BCUT2D eigenvalue weighted by molar-refractivity contribution is 5.33. The summed E-state index contributed by atoms with van der Waals surface area (Å²) < 4.78 is 1.98. The van der Waals surface area contributed by atoms with E-state index in [1.54, 1.807) is 0 Å². The highest BCUT2D eigenvalue weighted by Crippen LogP contribution is 2.15. The van der Waals surface area contributed by atoms with Crippen molar-refractivity contribution < 1.29 is 0 Å². The molecule has 0 radical (unpaired) electrons. The third-order valence-electron chi connectivity index (χ3n) is 2.28. The van der Waals surface area contributed by atoms with Gasteiger partial charge in [0.15, 0.2) is 0 Å². The zero-order valence-corrected chi connectivity index (χ0v) is 9.83. The van der Waals surface area contributed by atoms with Crippen LogP contribution in [0, 0.1) is 0 Å². The van der Waals surface area contributed by atoms with Crippen LogP contribution >= 0.6 is 0 Å². The van der Waals surface area contributed by atoms with Gasteiger partial charge in [0.1, 0.15) is 5.82 Å². The van der Waals surface area contributed by atoms with Crippen molar-refractivity contribution in [3.63, 3.8) is 0 Å². The average molecular weight is 195 g/mol. The van der Waals surface area contributed by atoms with Crippen LogP contribution in [0.15, 0.2) is 12.3 Å². The number of hydrogen-bond acceptors (Lipinski definition) is 2. The Morgan fingerprint density at radius 1 is 1.50 bits per heavy atom. The second-order valence-corrected chi connectivity index (χ2v) is 4.77. The first-order valence-corrected chi connectivity index (χ1v) is 5.26. The zero-order valence-electron chi connectivity index (χ0n) is 9.83. The Bertz CT molecular complexity index is 283. The molecule has 3 heteroatoms. The van der Waals surface area contributed by atoms with Crippen molar-refractivity contribution in [2.45, 2.75) is 52.6 Å². The lowest BCUT2D eigenvalue weighted by atomic mass is 10.1. The van der Waals surface area contributed by atoms with Gasteiger partial charge in [0.05, 0.1) is 5.54 Å². The smallest absolute Gasteiger partial charge is 0.148 e. The van der Waals surface area contributed by atoms with Gasteiger partial charge < -0.3 is 5.32 Å². The molecule has 0 aliphatic rings. The second-order valence-electron chi connectivity index (χ2n) is 4.77. The molecule has 1 atom stereocenters. The van der Waals surface area contributed by atoms with Crippen LogP contribution in [0.1, 0.15) is 41.0 Å². The zero-order chi connectivity index (χ0) is 10.8. The quantitative estimate of drug-likeness (QED) is 0.803. The molecule has 3 nitrogen and oxygen atoms in total. The summed E-state index contributed by atoms with van der Waals surface area (Å²) in [7, 11) is 0. The monoisotopic (exact) mass is 195 g/mol. The Balaban J connectivity index is 2.69. The van der Waals surface area contributed by atoms with Gasteiger partial charge in [0.2, 0.25) is 0 Å². The van der Waals surface area contributed by atoms with E-state index in [1.165, 1.54) is 0 Å². The number of anilines is 1. The molecule has 0 aromatic carbocycles. The first-order valence-electron chi connectivity index (χ1n) is 5.26. The minimum atomic E-state index is 0.0649. The van der Waals surface area contributed by atoms with Crippen LogP contribution in [-0.2, 0) is 5.54 Å². The van der Waals surface area contributed by atoms with Crippen LogP contribution in [0.4, 0.5) is 5.82 Å². The first kappa shape index (κ1) is 11.1. The molecule has 1 rings (SSSR count). The topological polar surface area (TPSA) is 29.9 Å². The van der Waals surface area contributed by atoms with Gasteiger partial charge in [-0.2, -0.15) is 5.10 Å². The largest absolute Gasteiger partial charge is 0.366 e. The van der Waals surface area contributed by atoms with E-state index in [1.807, 2.05) is 16.9 Å². The molecule has 1 unspecified atom stereocenters. The molecule has 1 N–H and O–H groups in total. The molecule has 0 aliphatic heterocycles. The molecule has 0 aliphatic carbocycles. The molecular formula is C11H21N3. The van der Waals surface area contributed by atoms with Gasteiger partial charge in [0.25, 0.3) is 0 Å². The molecule has 0 amide bonds. The van der Waals surface area contributed by atoms with Crippen LogP contribution < -0.4 is 5.32 Å². The van der Waals surface area contributed by atoms with E-state index in [0.29, 0.717) is 6.04 Å².